The number of nitrogens with one attached hydrogen (secondary N) is 2. The zero-order valence-electron chi connectivity index (χ0n) is 22.0. The molecule has 0 unspecified atom stereocenters. The van der Waals surface area contributed by atoms with Crippen molar-refractivity contribution >= 4 is 23.0 Å². The lowest BCUT2D eigenvalue weighted by atomic mass is 10.0. The van der Waals surface area contributed by atoms with Gasteiger partial charge in [-0.25, -0.2) is 4.98 Å². The molecule has 1 atom stereocenters. The molecule has 2 aromatic carbocycles. The van der Waals surface area contributed by atoms with E-state index in [1.807, 2.05) is 43.6 Å². The predicted octanol–water partition coefficient (Wildman–Crippen LogP) is 5.24. The van der Waals surface area contributed by atoms with Crippen molar-refractivity contribution in [1.29, 1.82) is 0 Å². The number of rotatable bonds is 10. The van der Waals surface area contributed by atoms with Crippen LogP contribution >= 0.6 is 0 Å². The average molecular weight is 499 g/mol. The van der Waals surface area contributed by atoms with E-state index in [4.69, 9.17) is 9.47 Å². The smallest absolute Gasteiger partial charge is 0.244 e. The number of pyridine rings is 1. The number of benzene rings is 2. The Kier molecular flexibility index (Phi) is 8.25. The minimum atomic E-state index is -0.201. The van der Waals surface area contributed by atoms with E-state index in [9.17, 15) is 4.79 Å². The maximum absolute atomic E-state index is 12.7. The molecule has 0 spiro atoms. The Morgan fingerprint density at radius 3 is 2.65 bits per heavy atom. The third-order valence-electron chi connectivity index (χ3n) is 6.35. The Morgan fingerprint density at radius 2 is 1.89 bits per heavy atom. The molecule has 7 nitrogen and oxygen atoms in total. The van der Waals surface area contributed by atoms with Gasteiger partial charge in [0.25, 0.3) is 0 Å². The molecule has 1 amide bonds. The van der Waals surface area contributed by atoms with Crippen molar-refractivity contribution in [2.75, 3.05) is 34.9 Å². The van der Waals surface area contributed by atoms with Crippen molar-refractivity contribution in [3.8, 4) is 22.6 Å². The third kappa shape index (κ3) is 6.37. The molecular weight excluding hydrogens is 464 g/mol. The highest BCUT2D eigenvalue weighted by atomic mass is 16.5. The number of hydrogen-bond donors (Lipinski definition) is 2. The third-order valence-corrected chi connectivity index (χ3v) is 6.35. The van der Waals surface area contributed by atoms with Crippen LogP contribution in [0, 0.1) is 0 Å². The standard InChI is InChI=1S/C30H34N4O3/c1-20(22-9-11-27(36-4)28(17-22)37-5)33-29(35)12-10-24-18-31-30-26(24)16-25(19-32-30)23-8-6-7-21(15-23)13-14-34(2)3/h6-12,15-20H,13-14H2,1-5H3,(H,31,32)(H,33,35)/b12-10+/t20-/m1/s1. The number of amides is 1. The van der Waals surface area contributed by atoms with Crippen molar-refractivity contribution in [2.24, 2.45) is 0 Å². The normalized spacial score (nSPS) is 12.3. The fraction of sp³-hybridized carbons (Fsp3) is 0.267. The van der Waals surface area contributed by atoms with E-state index in [-0.39, 0.29) is 11.9 Å². The van der Waals surface area contributed by atoms with Gasteiger partial charge in [-0.15, -0.1) is 0 Å². The lowest BCUT2D eigenvalue weighted by Gasteiger charge is -2.15. The summed E-state index contributed by atoms with van der Waals surface area (Å²) in [5.74, 6) is 1.09. The average Bonchev–Trinajstić information content (AvgIpc) is 3.32. The molecule has 2 heterocycles. The summed E-state index contributed by atoms with van der Waals surface area (Å²) in [7, 11) is 7.36. The van der Waals surface area contributed by atoms with E-state index in [0.29, 0.717) is 11.5 Å². The second-order valence-corrected chi connectivity index (χ2v) is 9.30. The van der Waals surface area contributed by atoms with Gasteiger partial charge in [-0.2, -0.15) is 0 Å². The summed E-state index contributed by atoms with van der Waals surface area (Å²) in [6, 6.07) is 16.1. The van der Waals surface area contributed by atoms with Gasteiger partial charge in [-0.1, -0.05) is 30.3 Å². The van der Waals surface area contributed by atoms with Crippen LogP contribution in [0.4, 0.5) is 0 Å². The van der Waals surface area contributed by atoms with Crippen LogP contribution in [0.5, 0.6) is 11.5 Å². The summed E-state index contributed by atoms with van der Waals surface area (Å²) in [4.78, 5) is 22.7. The first-order valence-electron chi connectivity index (χ1n) is 12.3. The maximum Gasteiger partial charge on any atom is 0.244 e. The summed E-state index contributed by atoms with van der Waals surface area (Å²) in [6.45, 7) is 2.93. The predicted molar refractivity (Wildman–Crippen MR) is 149 cm³/mol. The number of hydrogen-bond acceptors (Lipinski definition) is 5. The first kappa shape index (κ1) is 26.0. The zero-order valence-corrected chi connectivity index (χ0v) is 22.0. The number of aromatic amines is 1. The number of aromatic nitrogens is 2. The van der Waals surface area contributed by atoms with Gasteiger partial charge in [0.2, 0.25) is 5.91 Å². The van der Waals surface area contributed by atoms with Crippen LogP contribution in [0.3, 0.4) is 0 Å². The number of nitrogens with zero attached hydrogens (tertiary/aromatic N) is 2. The highest BCUT2D eigenvalue weighted by molar-refractivity contribution is 5.96. The van der Waals surface area contributed by atoms with Crippen LogP contribution in [0.1, 0.15) is 29.7 Å². The van der Waals surface area contributed by atoms with Gasteiger partial charge in [-0.3, -0.25) is 4.79 Å². The molecule has 0 aliphatic carbocycles. The summed E-state index contributed by atoms with van der Waals surface area (Å²) < 4.78 is 10.7. The topological polar surface area (TPSA) is 79.5 Å². The van der Waals surface area contributed by atoms with Gasteiger partial charge in [-0.05, 0) is 68.4 Å². The molecule has 192 valence electrons. The second-order valence-electron chi connectivity index (χ2n) is 9.30. The fourth-order valence-electron chi connectivity index (χ4n) is 4.21. The highest BCUT2D eigenvalue weighted by Crippen LogP contribution is 2.30. The number of carbonyl (C=O) groups excluding carboxylic acids is 1. The summed E-state index contributed by atoms with van der Waals surface area (Å²) in [5.41, 5.74) is 6.07. The van der Waals surface area contributed by atoms with E-state index in [0.717, 1.165) is 46.3 Å². The SMILES string of the molecule is COc1ccc([C@@H](C)NC(=O)/C=C/c2c[nH]c3ncc(-c4cccc(CCN(C)C)c4)cc23)cc1OC. The number of H-pyrrole nitrogens is 1. The molecule has 0 saturated carbocycles. The molecule has 0 fully saturated rings. The second kappa shape index (κ2) is 11.8. The molecule has 4 rings (SSSR count). The summed E-state index contributed by atoms with van der Waals surface area (Å²) >= 11 is 0. The van der Waals surface area contributed by atoms with Crippen LogP contribution in [-0.2, 0) is 11.2 Å². The molecule has 2 aromatic heterocycles. The van der Waals surface area contributed by atoms with Gasteiger partial charge < -0.3 is 24.7 Å². The first-order valence-corrected chi connectivity index (χ1v) is 12.3. The molecule has 7 heteroatoms. The lowest BCUT2D eigenvalue weighted by molar-refractivity contribution is -0.117. The molecule has 37 heavy (non-hydrogen) atoms. The quantitative estimate of drug-likeness (QED) is 0.292. The van der Waals surface area contributed by atoms with E-state index >= 15 is 0 Å². The molecule has 2 N–H and O–H groups in total. The molecule has 0 bridgehead atoms. The van der Waals surface area contributed by atoms with Gasteiger partial charge in [0.05, 0.1) is 20.3 Å². The van der Waals surface area contributed by atoms with Crippen LogP contribution in [0.2, 0.25) is 0 Å². The molecule has 0 radical (unpaired) electrons. The summed E-state index contributed by atoms with van der Waals surface area (Å²) in [5, 5.41) is 3.97. The maximum atomic E-state index is 12.7. The fourth-order valence-corrected chi connectivity index (χ4v) is 4.21. The molecule has 0 aliphatic heterocycles. The number of carbonyl (C=O) groups is 1. The minimum Gasteiger partial charge on any atom is -0.493 e. The lowest BCUT2D eigenvalue weighted by Crippen LogP contribution is -2.24. The van der Waals surface area contributed by atoms with Crippen LogP contribution in [0.15, 0.2) is 67.0 Å². The van der Waals surface area contributed by atoms with Gasteiger partial charge in [0, 0.05) is 41.5 Å². The largest absolute Gasteiger partial charge is 0.493 e. The number of methoxy groups -OCH3 is 2. The minimum absolute atomic E-state index is 0.186. The van der Waals surface area contributed by atoms with E-state index in [1.165, 1.54) is 5.56 Å². The van der Waals surface area contributed by atoms with Crippen molar-refractivity contribution in [2.45, 2.75) is 19.4 Å². The Morgan fingerprint density at radius 1 is 1.08 bits per heavy atom. The van der Waals surface area contributed by atoms with E-state index in [2.05, 4.69) is 64.6 Å². The zero-order chi connectivity index (χ0) is 26.4. The first-order chi connectivity index (χ1) is 17.9. The van der Waals surface area contributed by atoms with Crippen LogP contribution < -0.4 is 14.8 Å². The van der Waals surface area contributed by atoms with Crippen molar-refractivity contribution < 1.29 is 14.3 Å². The monoisotopic (exact) mass is 498 g/mol. The molecule has 4 aromatic rings. The Balaban J connectivity index is 1.49. The van der Waals surface area contributed by atoms with E-state index < -0.39 is 0 Å². The number of fused-ring (bicyclic) bond motifs is 1. The Labute approximate surface area is 218 Å². The summed E-state index contributed by atoms with van der Waals surface area (Å²) in [6.07, 6.45) is 8.11. The Hall–Kier alpha value is -4.10. The number of ether oxygens (including phenoxy) is 2. The molecule has 0 saturated heterocycles. The van der Waals surface area contributed by atoms with Crippen molar-refractivity contribution in [3.05, 3.63) is 83.7 Å². The van der Waals surface area contributed by atoms with Gasteiger partial charge >= 0.3 is 0 Å². The Bertz CT molecular complexity index is 1410. The van der Waals surface area contributed by atoms with Gasteiger partial charge in [0.1, 0.15) is 5.65 Å². The van der Waals surface area contributed by atoms with Crippen molar-refractivity contribution in [3.63, 3.8) is 0 Å². The number of likely N-dealkylation sites (N-methyl/N-ethyl adjacent to an activating group) is 1. The van der Waals surface area contributed by atoms with E-state index in [1.54, 1.807) is 20.3 Å². The van der Waals surface area contributed by atoms with Gasteiger partial charge in [0.15, 0.2) is 11.5 Å². The van der Waals surface area contributed by atoms with Crippen molar-refractivity contribution in [1.82, 2.24) is 20.2 Å². The molecular formula is C30H34N4O3. The van der Waals surface area contributed by atoms with Crippen LogP contribution in [-0.4, -0.2) is 55.6 Å². The highest BCUT2D eigenvalue weighted by Gasteiger charge is 2.12. The van der Waals surface area contributed by atoms with Crippen LogP contribution in [0.25, 0.3) is 28.2 Å². The molecule has 0 aliphatic rings.